The van der Waals surface area contributed by atoms with Gasteiger partial charge in [-0.2, -0.15) is 0 Å². The van der Waals surface area contributed by atoms with Gasteiger partial charge in [0.05, 0.1) is 11.2 Å². The van der Waals surface area contributed by atoms with Crippen LogP contribution in [0.25, 0.3) is 10.6 Å². The van der Waals surface area contributed by atoms with Gasteiger partial charge in [-0.15, -0.1) is 11.3 Å². The number of benzene rings is 1. The van der Waals surface area contributed by atoms with E-state index in [0.29, 0.717) is 6.54 Å². The number of amides is 1. The van der Waals surface area contributed by atoms with Gasteiger partial charge in [-0.3, -0.25) is 0 Å². The van der Waals surface area contributed by atoms with Crippen LogP contribution in [0.2, 0.25) is 0 Å². The molecule has 1 saturated heterocycles. The van der Waals surface area contributed by atoms with Crippen LogP contribution in [-0.2, 0) is 10.3 Å². The summed E-state index contributed by atoms with van der Waals surface area (Å²) in [5, 5.41) is 8.80. The summed E-state index contributed by atoms with van der Waals surface area (Å²) in [5.41, 5.74) is 0.938. The molecule has 1 amide bonds. The van der Waals surface area contributed by atoms with Crippen LogP contribution in [0, 0.1) is 5.82 Å². The quantitative estimate of drug-likeness (QED) is 0.870. The van der Waals surface area contributed by atoms with Crippen molar-refractivity contribution >= 4 is 17.4 Å². The molecule has 1 aliphatic heterocycles. The molecule has 0 radical (unpaired) electrons. The first kappa shape index (κ1) is 17.8. The third kappa shape index (κ3) is 4.55. The van der Waals surface area contributed by atoms with E-state index in [-0.39, 0.29) is 11.9 Å². The fraction of sp³-hybridized carbons (Fsp3) is 0.444. The molecule has 2 N–H and O–H groups in total. The normalized spacial score (nSPS) is 18.0. The number of piperidine rings is 1. The van der Waals surface area contributed by atoms with Crippen LogP contribution >= 0.6 is 11.3 Å². The fourth-order valence-electron chi connectivity index (χ4n) is 2.71. The minimum atomic E-state index is -0.659. The number of hydrogen-bond acceptors (Lipinski definition) is 5. The molecule has 0 bridgehead atoms. The molecule has 0 unspecified atom stereocenters. The predicted octanol–water partition coefficient (Wildman–Crippen LogP) is 3.66. The van der Waals surface area contributed by atoms with Gasteiger partial charge in [0, 0.05) is 17.5 Å². The Hall–Kier alpha value is -1.99. The highest BCUT2D eigenvalue weighted by atomic mass is 32.1. The van der Waals surface area contributed by atoms with Gasteiger partial charge in [0.25, 0.3) is 0 Å². The first-order chi connectivity index (χ1) is 11.9. The lowest BCUT2D eigenvalue weighted by molar-refractivity contribution is 0.0757. The first-order valence-corrected chi connectivity index (χ1v) is 9.23. The lowest BCUT2D eigenvalue weighted by Crippen LogP contribution is -2.45. The van der Waals surface area contributed by atoms with Crippen molar-refractivity contribution in [2.45, 2.75) is 38.3 Å². The summed E-state index contributed by atoms with van der Waals surface area (Å²) in [6.45, 7) is 5.44. The summed E-state index contributed by atoms with van der Waals surface area (Å²) in [6, 6.07) is 6.22. The smallest absolute Gasteiger partial charge is 0.408 e. The predicted molar refractivity (Wildman–Crippen MR) is 96.0 cm³/mol. The molecular weight excluding hydrogens is 341 g/mol. The van der Waals surface area contributed by atoms with Gasteiger partial charge in [-0.05, 0) is 57.5 Å². The van der Waals surface area contributed by atoms with Crippen LogP contribution in [0.15, 0.2) is 29.6 Å². The van der Waals surface area contributed by atoms with E-state index >= 15 is 0 Å². The van der Waals surface area contributed by atoms with E-state index in [1.807, 2.05) is 19.2 Å². The Morgan fingerprint density at radius 2 is 2.16 bits per heavy atom. The number of alkyl carbamates (subject to hydrolysis) is 1. The number of nitrogens with zero attached hydrogens (tertiary/aromatic N) is 1. The maximum atomic E-state index is 13.0. The highest BCUT2D eigenvalue weighted by molar-refractivity contribution is 7.13. The van der Waals surface area contributed by atoms with Gasteiger partial charge < -0.3 is 15.4 Å². The van der Waals surface area contributed by atoms with Crippen molar-refractivity contribution < 1.29 is 13.9 Å². The lowest BCUT2D eigenvalue weighted by atomic mass is 10.0. The molecule has 1 aromatic heterocycles. The molecule has 1 aliphatic rings. The zero-order valence-corrected chi connectivity index (χ0v) is 15.2. The highest BCUT2D eigenvalue weighted by Gasteiger charge is 2.28. The number of nitrogens with one attached hydrogen (secondary N) is 2. The number of aromatic nitrogens is 1. The maximum Gasteiger partial charge on any atom is 0.408 e. The monoisotopic (exact) mass is 363 g/mol. The Balaban J connectivity index is 1.65. The zero-order chi connectivity index (χ0) is 17.9. The average molecular weight is 363 g/mol. The maximum absolute atomic E-state index is 13.0. The Labute approximate surface area is 150 Å². The first-order valence-electron chi connectivity index (χ1n) is 8.35. The molecule has 134 valence electrons. The van der Waals surface area contributed by atoms with Gasteiger partial charge >= 0.3 is 6.09 Å². The van der Waals surface area contributed by atoms with E-state index < -0.39 is 11.6 Å². The van der Waals surface area contributed by atoms with Gasteiger partial charge in [0.15, 0.2) is 0 Å². The molecule has 1 atom stereocenters. The van der Waals surface area contributed by atoms with E-state index in [9.17, 15) is 9.18 Å². The second kappa shape index (κ2) is 7.49. The standard InChI is InChI=1S/C18H22FN3O2S/c1-18(2,22-17(23)24-14-4-3-9-20-10-14)15-11-25-16(21-15)12-5-7-13(19)8-6-12/h5-8,11,14,20H,3-4,9-10H2,1-2H3,(H,22,23)/t14-/m0/s1. The molecule has 0 saturated carbocycles. The van der Waals surface area contributed by atoms with Crippen LogP contribution in [-0.4, -0.2) is 30.3 Å². The number of rotatable bonds is 4. The zero-order valence-electron chi connectivity index (χ0n) is 14.3. The number of halogens is 1. The van der Waals surface area contributed by atoms with Crippen LogP contribution in [0.4, 0.5) is 9.18 Å². The van der Waals surface area contributed by atoms with Gasteiger partial charge in [0.2, 0.25) is 0 Å². The van der Waals surface area contributed by atoms with Crippen LogP contribution in [0.3, 0.4) is 0 Å². The van der Waals surface area contributed by atoms with Crippen molar-refractivity contribution in [1.29, 1.82) is 0 Å². The Morgan fingerprint density at radius 3 is 2.84 bits per heavy atom. The molecule has 2 heterocycles. The fourth-order valence-corrected chi connectivity index (χ4v) is 3.70. The van der Waals surface area contributed by atoms with Crippen molar-refractivity contribution in [1.82, 2.24) is 15.6 Å². The van der Waals surface area contributed by atoms with Crippen LogP contribution < -0.4 is 10.6 Å². The van der Waals surface area contributed by atoms with Gasteiger partial charge in [0.1, 0.15) is 16.9 Å². The summed E-state index contributed by atoms with van der Waals surface area (Å²) in [4.78, 5) is 16.8. The topological polar surface area (TPSA) is 63.2 Å². The number of ether oxygens (including phenoxy) is 1. The summed E-state index contributed by atoms with van der Waals surface area (Å²) >= 11 is 1.46. The molecule has 25 heavy (non-hydrogen) atoms. The van der Waals surface area contributed by atoms with Crippen molar-refractivity contribution in [2.75, 3.05) is 13.1 Å². The minimum absolute atomic E-state index is 0.0882. The minimum Gasteiger partial charge on any atom is -0.445 e. The average Bonchev–Trinajstić information content (AvgIpc) is 3.07. The van der Waals surface area contributed by atoms with E-state index in [1.165, 1.54) is 23.5 Å². The number of carbonyl (C=O) groups is 1. The van der Waals surface area contributed by atoms with E-state index in [1.54, 1.807) is 12.1 Å². The van der Waals surface area contributed by atoms with Crippen molar-refractivity contribution in [3.63, 3.8) is 0 Å². The van der Waals surface area contributed by atoms with E-state index in [2.05, 4.69) is 15.6 Å². The highest BCUT2D eigenvalue weighted by Crippen LogP contribution is 2.29. The Kier molecular flexibility index (Phi) is 5.34. The third-order valence-corrected chi connectivity index (χ3v) is 5.07. The summed E-state index contributed by atoms with van der Waals surface area (Å²) < 4.78 is 18.5. The lowest BCUT2D eigenvalue weighted by Gasteiger charge is -2.27. The van der Waals surface area contributed by atoms with Crippen LogP contribution in [0.1, 0.15) is 32.4 Å². The SMILES string of the molecule is CC(C)(NC(=O)O[C@H]1CCCNC1)c1csc(-c2ccc(F)cc2)n1. The third-order valence-electron chi connectivity index (χ3n) is 4.18. The summed E-state index contributed by atoms with van der Waals surface area (Å²) in [6.07, 6.45) is 1.37. The molecule has 0 spiro atoms. The molecule has 1 fully saturated rings. The van der Waals surface area contributed by atoms with Crippen molar-refractivity contribution in [2.24, 2.45) is 0 Å². The molecular formula is C18H22FN3O2S. The van der Waals surface area contributed by atoms with Crippen molar-refractivity contribution in [3.05, 3.63) is 41.2 Å². The molecule has 0 aliphatic carbocycles. The summed E-state index contributed by atoms with van der Waals surface area (Å²) in [7, 11) is 0. The molecule has 5 nitrogen and oxygen atoms in total. The molecule has 3 rings (SSSR count). The summed E-state index contributed by atoms with van der Waals surface area (Å²) in [5.74, 6) is -0.275. The van der Waals surface area contributed by atoms with Crippen molar-refractivity contribution in [3.8, 4) is 10.6 Å². The number of carbonyl (C=O) groups excluding carboxylic acids is 1. The second-order valence-electron chi connectivity index (χ2n) is 6.67. The van der Waals surface area contributed by atoms with E-state index in [4.69, 9.17) is 4.74 Å². The van der Waals surface area contributed by atoms with E-state index in [0.717, 1.165) is 35.7 Å². The number of thiazole rings is 1. The molecule has 1 aromatic carbocycles. The Bertz CT molecular complexity index is 724. The molecule has 7 heteroatoms. The Morgan fingerprint density at radius 1 is 1.40 bits per heavy atom. The molecule has 2 aromatic rings. The van der Waals surface area contributed by atoms with Gasteiger partial charge in [-0.25, -0.2) is 14.2 Å². The van der Waals surface area contributed by atoms with Gasteiger partial charge in [-0.1, -0.05) is 0 Å². The second-order valence-corrected chi connectivity index (χ2v) is 7.53. The number of hydrogen-bond donors (Lipinski definition) is 2. The largest absolute Gasteiger partial charge is 0.445 e. The van der Waals surface area contributed by atoms with Crippen LogP contribution in [0.5, 0.6) is 0 Å².